The average molecular weight is 494 g/mol. The first-order valence-corrected chi connectivity index (χ1v) is 12.4. The molecule has 0 aliphatic carbocycles. The van der Waals surface area contributed by atoms with E-state index in [2.05, 4.69) is 37.5 Å². The maximum atomic E-state index is 14.1. The molecule has 0 bridgehead atoms. The molecule has 6 nitrogen and oxygen atoms in total. The van der Waals surface area contributed by atoms with Gasteiger partial charge in [0.2, 0.25) is 0 Å². The first-order chi connectivity index (χ1) is 16.8. The van der Waals surface area contributed by atoms with Gasteiger partial charge >= 0.3 is 6.03 Å². The van der Waals surface area contributed by atoms with Crippen molar-refractivity contribution in [2.45, 2.75) is 59.2 Å². The van der Waals surface area contributed by atoms with Gasteiger partial charge in [-0.1, -0.05) is 63.2 Å². The summed E-state index contributed by atoms with van der Waals surface area (Å²) < 4.78 is 16.2. The number of rotatable bonds is 8. The van der Waals surface area contributed by atoms with Crippen LogP contribution in [0.1, 0.15) is 58.5 Å². The van der Waals surface area contributed by atoms with E-state index < -0.39 is 5.54 Å². The number of nitrogens with two attached hydrogens (primary N) is 1. The Morgan fingerprint density at radius 1 is 1.06 bits per heavy atom. The quantitative estimate of drug-likeness (QED) is 0.423. The van der Waals surface area contributed by atoms with E-state index in [1.54, 1.807) is 25.1 Å². The lowest BCUT2D eigenvalue weighted by molar-refractivity contribution is 0.0881. The monoisotopic (exact) mass is 493 g/mol. The molecule has 0 saturated carbocycles. The van der Waals surface area contributed by atoms with Gasteiger partial charge in [-0.3, -0.25) is 0 Å². The van der Waals surface area contributed by atoms with Crippen LogP contribution in [0.25, 0.3) is 11.3 Å². The highest BCUT2D eigenvalue weighted by Gasteiger charge is 2.39. The number of urea groups is 1. The Morgan fingerprint density at radius 2 is 1.72 bits per heavy atom. The van der Waals surface area contributed by atoms with Gasteiger partial charge in [-0.15, -0.1) is 0 Å². The molecular formula is C29H40FN5O. The summed E-state index contributed by atoms with van der Waals surface area (Å²) in [6, 6.07) is 16.1. The van der Waals surface area contributed by atoms with E-state index in [9.17, 15) is 9.18 Å². The molecule has 2 N–H and O–H groups in total. The number of hydrogen-bond acceptors (Lipinski definition) is 3. The Balaban J connectivity index is 2.19. The molecule has 1 aromatic heterocycles. The number of nitrogens with zero attached hydrogens (tertiary/aromatic N) is 4. The van der Waals surface area contributed by atoms with Crippen molar-refractivity contribution >= 4 is 6.03 Å². The molecule has 0 fully saturated rings. The number of imidazole rings is 1. The van der Waals surface area contributed by atoms with Crippen molar-refractivity contribution in [1.29, 1.82) is 0 Å². The Hall–Kier alpha value is -3.19. The second-order valence-corrected chi connectivity index (χ2v) is 11.5. The van der Waals surface area contributed by atoms with Gasteiger partial charge in [0.25, 0.3) is 0 Å². The fourth-order valence-corrected chi connectivity index (χ4v) is 4.34. The summed E-state index contributed by atoms with van der Waals surface area (Å²) in [6.45, 7) is 11.3. The van der Waals surface area contributed by atoms with Gasteiger partial charge in [0, 0.05) is 44.5 Å². The van der Waals surface area contributed by atoms with E-state index in [0.717, 1.165) is 11.4 Å². The van der Waals surface area contributed by atoms with Crippen LogP contribution in [0, 0.1) is 11.2 Å². The van der Waals surface area contributed by atoms with Crippen LogP contribution in [-0.4, -0.2) is 51.6 Å². The molecule has 1 atom stereocenters. The van der Waals surface area contributed by atoms with Gasteiger partial charge in [-0.25, -0.2) is 14.2 Å². The van der Waals surface area contributed by atoms with E-state index in [4.69, 9.17) is 10.7 Å². The van der Waals surface area contributed by atoms with E-state index in [1.807, 2.05) is 49.2 Å². The van der Waals surface area contributed by atoms with Crippen molar-refractivity contribution in [3.05, 3.63) is 78.0 Å². The SMILES string of the molecule is CN(C)C(=O)N(CCC(C)(C)N)[C@@H](c1nc(-c2cccc(F)c2)cn1Cc1ccccc1)C(C)(C)C. The molecule has 194 valence electrons. The Bertz CT molecular complexity index is 1160. The normalized spacial score (nSPS) is 12.9. The van der Waals surface area contributed by atoms with Gasteiger partial charge in [0.05, 0.1) is 11.7 Å². The summed E-state index contributed by atoms with van der Waals surface area (Å²) in [5, 5.41) is 0. The molecule has 7 heteroatoms. The Kier molecular flexibility index (Phi) is 8.24. The molecule has 3 rings (SSSR count). The maximum absolute atomic E-state index is 14.1. The number of benzene rings is 2. The van der Waals surface area contributed by atoms with Gasteiger partial charge in [0.1, 0.15) is 11.6 Å². The van der Waals surface area contributed by atoms with Crippen molar-refractivity contribution < 1.29 is 9.18 Å². The van der Waals surface area contributed by atoms with Crippen LogP contribution in [0.5, 0.6) is 0 Å². The van der Waals surface area contributed by atoms with Crippen molar-refractivity contribution in [3.8, 4) is 11.3 Å². The maximum Gasteiger partial charge on any atom is 0.320 e. The summed E-state index contributed by atoms with van der Waals surface area (Å²) in [5.41, 5.74) is 8.04. The summed E-state index contributed by atoms with van der Waals surface area (Å²) in [6.07, 6.45) is 2.59. The van der Waals surface area contributed by atoms with Crippen molar-refractivity contribution in [3.63, 3.8) is 0 Å². The van der Waals surface area contributed by atoms with Crippen molar-refractivity contribution in [2.24, 2.45) is 11.1 Å². The molecule has 2 amide bonds. The fourth-order valence-electron chi connectivity index (χ4n) is 4.34. The number of amides is 2. The molecule has 0 aliphatic rings. The first kappa shape index (κ1) is 27.4. The molecule has 3 aromatic rings. The molecule has 1 heterocycles. The molecular weight excluding hydrogens is 453 g/mol. The smallest absolute Gasteiger partial charge is 0.320 e. The largest absolute Gasteiger partial charge is 0.331 e. The molecule has 2 aromatic carbocycles. The average Bonchev–Trinajstić information content (AvgIpc) is 3.18. The topological polar surface area (TPSA) is 67.4 Å². The van der Waals surface area contributed by atoms with Crippen molar-refractivity contribution in [2.75, 3.05) is 20.6 Å². The van der Waals surface area contributed by atoms with Gasteiger partial charge in [0.15, 0.2) is 0 Å². The van der Waals surface area contributed by atoms with Crippen LogP contribution < -0.4 is 5.73 Å². The van der Waals surface area contributed by atoms with Gasteiger partial charge < -0.3 is 20.1 Å². The second-order valence-electron chi connectivity index (χ2n) is 11.5. The van der Waals surface area contributed by atoms with Crippen LogP contribution in [0.15, 0.2) is 60.8 Å². The van der Waals surface area contributed by atoms with Crippen LogP contribution in [0.4, 0.5) is 9.18 Å². The number of carbonyl (C=O) groups is 1. The molecule has 0 spiro atoms. The third kappa shape index (κ3) is 6.94. The second kappa shape index (κ2) is 10.8. The summed E-state index contributed by atoms with van der Waals surface area (Å²) in [5.74, 6) is 0.448. The number of halogens is 1. The lowest BCUT2D eigenvalue weighted by Crippen LogP contribution is -2.49. The van der Waals surface area contributed by atoms with E-state index in [1.165, 1.54) is 12.1 Å². The fraction of sp³-hybridized carbons (Fsp3) is 0.448. The third-order valence-electron chi connectivity index (χ3n) is 6.13. The van der Waals surface area contributed by atoms with Crippen LogP contribution in [-0.2, 0) is 6.54 Å². The van der Waals surface area contributed by atoms with Gasteiger partial charge in [-0.2, -0.15) is 0 Å². The summed E-state index contributed by atoms with van der Waals surface area (Å²) in [7, 11) is 3.52. The lowest BCUT2D eigenvalue weighted by atomic mass is 9.84. The number of carbonyl (C=O) groups excluding carboxylic acids is 1. The minimum absolute atomic E-state index is 0.0965. The van der Waals surface area contributed by atoms with Crippen LogP contribution >= 0.6 is 0 Å². The molecule has 0 unspecified atom stereocenters. The minimum atomic E-state index is -0.431. The predicted molar refractivity (Wildman–Crippen MR) is 144 cm³/mol. The van der Waals surface area contributed by atoms with Gasteiger partial charge in [-0.05, 0) is 43.4 Å². The number of aromatic nitrogens is 2. The van der Waals surface area contributed by atoms with E-state index >= 15 is 0 Å². The molecule has 36 heavy (non-hydrogen) atoms. The third-order valence-corrected chi connectivity index (χ3v) is 6.13. The van der Waals surface area contributed by atoms with E-state index in [0.29, 0.717) is 30.8 Å². The lowest BCUT2D eigenvalue weighted by Gasteiger charge is -2.42. The molecule has 0 saturated heterocycles. The minimum Gasteiger partial charge on any atom is -0.331 e. The zero-order valence-corrected chi connectivity index (χ0v) is 22.6. The zero-order valence-electron chi connectivity index (χ0n) is 22.6. The van der Waals surface area contributed by atoms with Crippen LogP contribution in [0.2, 0.25) is 0 Å². The Morgan fingerprint density at radius 3 is 2.28 bits per heavy atom. The standard InChI is InChI=1S/C29H40FN5O/c1-28(2,3)25(35(27(36)33(6)7)17-16-29(4,5)31)26-32-24(22-14-11-15-23(30)18-22)20-34(26)19-21-12-9-8-10-13-21/h8-15,18,20,25H,16-17,19,31H2,1-7H3/t25-/m0/s1. The summed E-state index contributed by atoms with van der Waals surface area (Å²) >= 11 is 0. The molecule has 0 radical (unpaired) electrons. The number of hydrogen-bond donors (Lipinski definition) is 1. The van der Waals surface area contributed by atoms with Crippen molar-refractivity contribution in [1.82, 2.24) is 19.4 Å². The predicted octanol–water partition coefficient (Wildman–Crippen LogP) is 5.94. The highest BCUT2D eigenvalue weighted by Crippen LogP contribution is 2.40. The zero-order chi connectivity index (χ0) is 26.7. The highest BCUT2D eigenvalue weighted by molar-refractivity contribution is 5.74. The van der Waals surface area contributed by atoms with Crippen LogP contribution in [0.3, 0.4) is 0 Å². The van der Waals surface area contributed by atoms with E-state index in [-0.39, 0.29) is 23.3 Å². The summed E-state index contributed by atoms with van der Waals surface area (Å²) in [4.78, 5) is 22.1. The first-order valence-electron chi connectivity index (χ1n) is 12.4. The highest BCUT2D eigenvalue weighted by atomic mass is 19.1. The molecule has 0 aliphatic heterocycles. The Labute approximate surface area is 214 Å².